The van der Waals surface area contributed by atoms with Gasteiger partial charge < -0.3 is 18.9 Å². The van der Waals surface area contributed by atoms with Crippen LogP contribution in [0, 0.1) is 0 Å². The third kappa shape index (κ3) is 12.1. The summed E-state index contributed by atoms with van der Waals surface area (Å²) in [7, 11) is 0. The Morgan fingerprint density at radius 2 is 1.37 bits per heavy atom. The predicted molar refractivity (Wildman–Crippen MR) is 137 cm³/mol. The lowest BCUT2D eigenvalue weighted by Crippen LogP contribution is -2.19. The Labute approximate surface area is 209 Å². The monoisotopic (exact) mass is 482 g/mol. The molecule has 0 spiro atoms. The molecule has 2 aromatic carbocycles. The van der Waals surface area contributed by atoms with Gasteiger partial charge in [0.25, 0.3) is 0 Å². The van der Waals surface area contributed by atoms with E-state index in [1.165, 1.54) is 57.1 Å². The third-order valence-corrected chi connectivity index (χ3v) is 5.29. The van der Waals surface area contributed by atoms with Gasteiger partial charge in [-0.3, -0.25) is 4.79 Å². The van der Waals surface area contributed by atoms with Gasteiger partial charge in [0.05, 0.1) is 12.2 Å². The molecule has 0 radical (unpaired) electrons. The number of hydrogen-bond acceptors (Lipinski definition) is 6. The summed E-state index contributed by atoms with van der Waals surface area (Å²) < 4.78 is 21.8. The number of ether oxygens (including phenoxy) is 4. The molecule has 2 rings (SSSR count). The van der Waals surface area contributed by atoms with Gasteiger partial charge in [0.2, 0.25) is 5.78 Å². The molecule has 0 fully saturated rings. The van der Waals surface area contributed by atoms with E-state index >= 15 is 0 Å². The molecule has 0 aliphatic rings. The van der Waals surface area contributed by atoms with Crippen LogP contribution in [0.1, 0.15) is 68.6 Å². The maximum atomic E-state index is 12.1. The van der Waals surface area contributed by atoms with Crippen LogP contribution in [0.15, 0.2) is 61.2 Å². The molecule has 6 nitrogen and oxygen atoms in total. The average molecular weight is 483 g/mol. The Kier molecular flexibility index (Phi) is 13.7. The first-order valence-electron chi connectivity index (χ1n) is 12.5. The zero-order valence-corrected chi connectivity index (χ0v) is 20.8. The predicted octanol–water partition coefficient (Wildman–Crippen LogP) is 6.58. The lowest BCUT2D eigenvalue weighted by molar-refractivity contribution is -0.123. The second-order valence-corrected chi connectivity index (χ2v) is 8.33. The zero-order valence-electron chi connectivity index (χ0n) is 20.8. The van der Waals surface area contributed by atoms with E-state index in [-0.39, 0.29) is 25.6 Å². The van der Waals surface area contributed by atoms with Crippen LogP contribution in [0.2, 0.25) is 0 Å². The van der Waals surface area contributed by atoms with Gasteiger partial charge in [-0.15, -0.1) is 0 Å². The Bertz CT molecular complexity index is 890. The first kappa shape index (κ1) is 28.0. The highest BCUT2D eigenvalue weighted by Gasteiger charge is 2.09. The van der Waals surface area contributed by atoms with Crippen molar-refractivity contribution in [2.75, 3.05) is 26.4 Å². The second kappa shape index (κ2) is 17.2. The molecule has 6 heteroatoms. The van der Waals surface area contributed by atoms with Crippen LogP contribution in [0.3, 0.4) is 0 Å². The van der Waals surface area contributed by atoms with E-state index in [9.17, 15) is 9.59 Å². The number of benzene rings is 2. The van der Waals surface area contributed by atoms with Gasteiger partial charge in [0.15, 0.2) is 0 Å². The van der Waals surface area contributed by atoms with E-state index < -0.39 is 5.97 Å². The second-order valence-electron chi connectivity index (χ2n) is 8.33. The summed E-state index contributed by atoms with van der Waals surface area (Å²) in [6.45, 7) is 6.31. The topological polar surface area (TPSA) is 71.1 Å². The zero-order chi connectivity index (χ0) is 25.1. The highest BCUT2D eigenvalue weighted by molar-refractivity contribution is 5.90. The number of unbranched alkanes of at least 4 members (excludes halogenated alkanes) is 7. The normalized spacial score (nSPS) is 10.4. The lowest BCUT2D eigenvalue weighted by atomic mass is 10.1. The molecule has 0 saturated heterocycles. The minimum absolute atomic E-state index is 0.112. The van der Waals surface area contributed by atoms with E-state index in [1.54, 1.807) is 30.3 Å². The molecule has 0 unspecified atom stereocenters. The van der Waals surface area contributed by atoms with Crippen molar-refractivity contribution >= 4 is 11.8 Å². The van der Waals surface area contributed by atoms with Crippen molar-refractivity contribution in [1.29, 1.82) is 0 Å². The number of Topliss-reactive ketones (excluding diaryl/α,β-unsaturated/α-hetero) is 1. The summed E-state index contributed by atoms with van der Waals surface area (Å²) in [5, 5.41) is 0. The van der Waals surface area contributed by atoms with Crippen molar-refractivity contribution in [3.63, 3.8) is 0 Å². The smallest absolute Gasteiger partial charge is 0.338 e. The Morgan fingerprint density at radius 1 is 0.771 bits per heavy atom. The van der Waals surface area contributed by atoms with Crippen molar-refractivity contribution in [2.45, 2.75) is 58.3 Å². The first-order chi connectivity index (χ1) is 17.1. The molecular formula is C29H38O6. The fourth-order valence-electron chi connectivity index (χ4n) is 3.36. The maximum absolute atomic E-state index is 12.1. The highest BCUT2D eigenvalue weighted by atomic mass is 16.5. The molecular weight excluding hydrogens is 444 g/mol. The van der Waals surface area contributed by atoms with Crippen LogP contribution in [0.25, 0.3) is 0 Å². The summed E-state index contributed by atoms with van der Waals surface area (Å²) in [6.07, 6.45) is 11.6. The van der Waals surface area contributed by atoms with Crippen molar-refractivity contribution in [3.8, 4) is 17.2 Å². The summed E-state index contributed by atoms with van der Waals surface area (Å²) in [5.74, 6) is 1.09. The molecule has 0 N–H and O–H groups in total. The number of esters is 1. The van der Waals surface area contributed by atoms with Crippen LogP contribution in [0.5, 0.6) is 17.2 Å². The van der Waals surface area contributed by atoms with Gasteiger partial charge in [-0.1, -0.05) is 70.6 Å². The summed E-state index contributed by atoms with van der Waals surface area (Å²) >= 11 is 0. The van der Waals surface area contributed by atoms with Gasteiger partial charge in [-0.05, 0) is 48.9 Å². The molecule has 0 aliphatic carbocycles. The van der Waals surface area contributed by atoms with Gasteiger partial charge >= 0.3 is 5.97 Å². The molecule has 0 bridgehead atoms. The van der Waals surface area contributed by atoms with Crippen molar-refractivity contribution in [1.82, 2.24) is 0 Å². The minimum Gasteiger partial charge on any atom is -0.494 e. The van der Waals surface area contributed by atoms with Gasteiger partial charge in [-0.25, -0.2) is 4.79 Å². The molecule has 2 aromatic rings. The molecule has 190 valence electrons. The maximum Gasteiger partial charge on any atom is 0.338 e. The van der Waals surface area contributed by atoms with E-state index in [1.807, 2.05) is 12.1 Å². The number of ketones is 1. The van der Waals surface area contributed by atoms with Crippen LogP contribution in [0.4, 0.5) is 0 Å². The number of carbonyl (C=O) groups is 2. The minimum atomic E-state index is -0.477. The van der Waals surface area contributed by atoms with Gasteiger partial charge in [0, 0.05) is 0 Å². The van der Waals surface area contributed by atoms with Gasteiger partial charge in [0.1, 0.15) is 37.1 Å². The molecule has 0 atom stereocenters. The number of hydrogen-bond donors (Lipinski definition) is 0. The van der Waals surface area contributed by atoms with Crippen LogP contribution >= 0.6 is 0 Å². The first-order valence-corrected chi connectivity index (χ1v) is 12.5. The van der Waals surface area contributed by atoms with Crippen LogP contribution in [-0.4, -0.2) is 38.2 Å². The third-order valence-electron chi connectivity index (χ3n) is 5.29. The Morgan fingerprint density at radius 3 is 2.03 bits per heavy atom. The summed E-state index contributed by atoms with van der Waals surface area (Å²) in [5.41, 5.74) is 0.345. The Hall–Kier alpha value is -3.28. The lowest BCUT2D eigenvalue weighted by Gasteiger charge is -2.10. The number of rotatable bonds is 19. The van der Waals surface area contributed by atoms with E-state index in [0.29, 0.717) is 23.7 Å². The number of carbonyl (C=O) groups excluding carboxylic acids is 2. The van der Waals surface area contributed by atoms with Gasteiger partial charge in [-0.2, -0.15) is 0 Å². The summed E-state index contributed by atoms with van der Waals surface area (Å²) in [6, 6.07) is 13.8. The average Bonchev–Trinajstić information content (AvgIpc) is 2.89. The highest BCUT2D eigenvalue weighted by Crippen LogP contribution is 2.19. The summed E-state index contributed by atoms with van der Waals surface area (Å²) in [4.78, 5) is 24.0. The SMILES string of the molecule is C=CCOC(=O)c1cccc(OCC(=O)COc2ccc(OCCCCCCCCCC)cc2)c1. The molecule has 35 heavy (non-hydrogen) atoms. The van der Waals surface area contributed by atoms with Crippen molar-refractivity contribution < 1.29 is 28.5 Å². The fourth-order valence-corrected chi connectivity index (χ4v) is 3.36. The van der Waals surface area contributed by atoms with E-state index in [0.717, 1.165) is 12.2 Å². The quantitative estimate of drug-likeness (QED) is 0.128. The largest absolute Gasteiger partial charge is 0.494 e. The molecule has 0 heterocycles. The standard InChI is InChI=1S/C29H38O6/c1-3-5-6-7-8-9-10-11-20-32-26-15-17-27(18-16-26)34-22-25(30)23-35-28-14-12-13-24(21-28)29(31)33-19-4-2/h4,12-18,21H,2-3,5-11,19-20,22-23H2,1H3. The molecule has 0 amide bonds. The van der Waals surface area contributed by atoms with E-state index in [4.69, 9.17) is 18.9 Å². The molecule has 0 aliphatic heterocycles. The molecule has 0 saturated carbocycles. The van der Waals surface area contributed by atoms with Crippen molar-refractivity contribution in [3.05, 3.63) is 66.7 Å². The van der Waals surface area contributed by atoms with E-state index in [2.05, 4.69) is 13.5 Å². The van der Waals surface area contributed by atoms with Crippen LogP contribution < -0.4 is 14.2 Å². The van der Waals surface area contributed by atoms with Crippen LogP contribution in [-0.2, 0) is 9.53 Å². The Balaban J connectivity index is 1.61. The molecule has 0 aromatic heterocycles. The fraction of sp³-hybridized carbons (Fsp3) is 0.448. The van der Waals surface area contributed by atoms with Crippen molar-refractivity contribution in [2.24, 2.45) is 0 Å².